The van der Waals surface area contributed by atoms with E-state index in [-0.39, 0.29) is 11.9 Å². The van der Waals surface area contributed by atoms with Crippen molar-refractivity contribution in [2.24, 2.45) is 5.73 Å². The van der Waals surface area contributed by atoms with E-state index < -0.39 is 0 Å². The summed E-state index contributed by atoms with van der Waals surface area (Å²) >= 11 is 9.23. The predicted molar refractivity (Wildman–Crippen MR) is 78.2 cm³/mol. The Morgan fingerprint density at radius 2 is 1.89 bits per heavy atom. The van der Waals surface area contributed by atoms with E-state index in [9.17, 15) is 4.39 Å². The van der Waals surface area contributed by atoms with E-state index in [1.165, 1.54) is 12.1 Å². The molecule has 5 heteroatoms. The third kappa shape index (κ3) is 3.47. The molecule has 1 atom stereocenters. The molecule has 0 saturated heterocycles. The second-order valence-electron chi connectivity index (χ2n) is 4.15. The van der Waals surface area contributed by atoms with Gasteiger partial charge in [0.1, 0.15) is 17.3 Å². The van der Waals surface area contributed by atoms with Crippen LogP contribution in [0, 0.1) is 5.82 Å². The highest BCUT2D eigenvalue weighted by Gasteiger charge is 2.12. The monoisotopic (exact) mass is 343 g/mol. The van der Waals surface area contributed by atoms with Crippen LogP contribution in [0.15, 0.2) is 40.9 Å². The number of hydrogen-bond acceptors (Lipinski definition) is 2. The van der Waals surface area contributed by atoms with Gasteiger partial charge in [0.05, 0.1) is 4.47 Å². The lowest BCUT2D eigenvalue weighted by atomic mass is 10.1. The Balaban J connectivity index is 2.38. The first kappa shape index (κ1) is 14.3. The molecule has 0 bridgehead atoms. The Morgan fingerprint density at radius 3 is 2.53 bits per heavy atom. The fraction of sp³-hybridized carbons (Fsp3) is 0.143. The molecule has 2 nitrogen and oxygen atoms in total. The molecule has 0 radical (unpaired) electrons. The van der Waals surface area contributed by atoms with Gasteiger partial charge in [0, 0.05) is 16.6 Å². The van der Waals surface area contributed by atoms with Crippen molar-refractivity contribution < 1.29 is 9.13 Å². The van der Waals surface area contributed by atoms with Crippen LogP contribution in [0.5, 0.6) is 11.5 Å². The van der Waals surface area contributed by atoms with Crippen LogP contribution in [0.2, 0.25) is 5.02 Å². The zero-order valence-electron chi connectivity index (χ0n) is 10.2. The highest BCUT2D eigenvalue weighted by Crippen LogP contribution is 2.34. The van der Waals surface area contributed by atoms with Crippen molar-refractivity contribution in [1.29, 1.82) is 0 Å². The minimum Gasteiger partial charge on any atom is -0.456 e. The van der Waals surface area contributed by atoms with Gasteiger partial charge in [-0.15, -0.1) is 0 Å². The first-order valence-electron chi connectivity index (χ1n) is 5.65. The Hall–Kier alpha value is -1.10. The molecule has 2 N–H and O–H groups in total. The summed E-state index contributed by atoms with van der Waals surface area (Å²) in [5.74, 6) is 0.784. The minimum absolute atomic E-state index is 0.322. The molecular formula is C14H12BrClFNO. The average Bonchev–Trinajstić information content (AvgIpc) is 2.34. The van der Waals surface area contributed by atoms with E-state index in [1.807, 2.05) is 0 Å². The summed E-state index contributed by atoms with van der Waals surface area (Å²) in [5, 5.41) is 0.603. The normalized spacial score (nSPS) is 12.3. The largest absolute Gasteiger partial charge is 0.456 e. The molecule has 1 unspecified atom stereocenters. The SMILES string of the molecule is CC(N)c1cc(F)ccc1Oc1ccc(Cl)cc1Br. The Morgan fingerprint density at radius 1 is 1.21 bits per heavy atom. The molecule has 2 aromatic carbocycles. The van der Waals surface area contributed by atoms with Crippen molar-refractivity contribution in [3.63, 3.8) is 0 Å². The van der Waals surface area contributed by atoms with Crippen LogP contribution in [-0.4, -0.2) is 0 Å². The molecule has 0 aromatic heterocycles. The molecule has 0 fully saturated rings. The quantitative estimate of drug-likeness (QED) is 0.845. The van der Waals surface area contributed by atoms with Crippen molar-refractivity contribution in [2.75, 3.05) is 0 Å². The molecule has 0 amide bonds. The summed E-state index contributed by atoms with van der Waals surface area (Å²) in [7, 11) is 0. The van der Waals surface area contributed by atoms with Crippen molar-refractivity contribution in [3.8, 4) is 11.5 Å². The maximum atomic E-state index is 13.2. The fourth-order valence-electron chi connectivity index (χ4n) is 1.64. The van der Waals surface area contributed by atoms with Crippen LogP contribution in [-0.2, 0) is 0 Å². The maximum Gasteiger partial charge on any atom is 0.141 e. The molecule has 0 saturated carbocycles. The van der Waals surface area contributed by atoms with E-state index in [2.05, 4.69) is 15.9 Å². The van der Waals surface area contributed by atoms with Crippen molar-refractivity contribution in [3.05, 3.63) is 57.3 Å². The van der Waals surface area contributed by atoms with E-state index in [0.717, 1.165) is 4.47 Å². The summed E-state index contributed by atoms with van der Waals surface area (Å²) in [6.45, 7) is 1.78. The van der Waals surface area contributed by atoms with Crippen molar-refractivity contribution >= 4 is 27.5 Å². The Kier molecular flexibility index (Phi) is 4.45. The van der Waals surface area contributed by atoms with Gasteiger partial charge in [-0.2, -0.15) is 0 Å². The molecule has 19 heavy (non-hydrogen) atoms. The van der Waals surface area contributed by atoms with Gasteiger partial charge in [0.25, 0.3) is 0 Å². The summed E-state index contributed by atoms with van der Waals surface area (Å²) in [6.07, 6.45) is 0. The third-order valence-electron chi connectivity index (χ3n) is 2.58. The number of benzene rings is 2. The van der Waals surface area contributed by atoms with Crippen LogP contribution < -0.4 is 10.5 Å². The van der Waals surface area contributed by atoms with Gasteiger partial charge < -0.3 is 10.5 Å². The van der Waals surface area contributed by atoms with Gasteiger partial charge in [0.2, 0.25) is 0 Å². The first-order valence-corrected chi connectivity index (χ1v) is 6.82. The molecular weight excluding hydrogens is 333 g/mol. The van der Waals surface area contributed by atoms with E-state index >= 15 is 0 Å². The number of nitrogens with two attached hydrogens (primary N) is 1. The van der Waals surface area contributed by atoms with Gasteiger partial charge in [-0.25, -0.2) is 4.39 Å². The lowest BCUT2D eigenvalue weighted by Gasteiger charge is -2.14. The van der Waals surface area contributed by atoms with Gasteiger partial charge in [-0.3, -0.25) is 0 Å². The van der Waals surface area contributed by atoms with Crippen molar-refractivity contribution in [1.82, 2.24) is 0 Å². The molecule has 0 spiro atoms. The molecule has 2 rings (SSSR count). The standard InChI is InChI=1S/C14H12BrClFNO/c1-8(18)11-7-10(17)3-5-13(11)19-14-4-2-9(16)6-12(14)15/h2-8H,18H2,1H3. The Bertz CT molecular complexity index is 604. The summed E-state index contributed by atoms with van der Waals surface area (Å²) in [5.41, 5.74) is 6.43. The smallest absolute Gasteiger partial charge is 0.141 e. The molecule has 0 aliphatic heterocycles. The molecule has 2 aromatic rings. The average molecular weight is 345 g/mol. The van der Waals surface area contributed by atoms with Gasteiger partial charge in [0.15, 0.2) is 0 Å². The zero-order valence-corrected chi connectivity index (χ0v) is 12.5. The maximum absolute atomic E-state index is 13.2. The first-order chi connectivity index (χ1) is 8.97. The number of hydrogen-bond donors (Lipinski definition) is 1. The third-order valence-corrected chi connectivity index (χ3v) is 3.43. The van der Waals surface area contributed by atoms with Crippen LogP contribution >= 0.6 is 27.5 Å². The van der Waals surface area contributed by atoms with Gasteiger partial charge >= 0.3 is 0 Å². The summed E-state index contributed by atoms with van der Waals surface area (Å²) < 4.78 is 19.7. The minimum atomic E-state index is -0.338. The lowest BCUT2D eigenvalue weighted by molar-refractivity contribution is 0.466. The van der Waals surface area contributed by atoms with E-state index in [0.29, 0.717) is 22.1 Å². The zero-order chi connectivity index (χ0) is 14.0. The predicted octanol–water partition coefficient (Wildman–Crippen LogP) is 5.05. The molecule has 0 aliphatic carbocycles. The highest BCUT2D eigenvalue weighted by atomic mass is 79.9. The second kappa shape index (κ2) is 5.90. The van der Waals surface area contributed by atoms with Crippen molar-refractivity contribution in [2.45, 2.75) is 13.0 Å². The van der Waals surface area contributed by atoms with Gasteiger partial charge in [-0.05, 0) is 59.3 Å². The summed E-state index contributed by atoms with van der Waals surface area (Å²) in [4.78, 5) is 0. The molecule has 0 aliphatic rings. The second-order valence-corrected chi connectivity index (χ2v) is 5.44. The number of halogens is 3. The van der Waals surface area contributed by atoms with Crippen LogP contribution in [0.25, 0.3) is 0 Å². The number of rotatable bonds is 3. The van der Waals surface area contributed by atoms with Gasteiger partial charge in [-0.1, -0.05) is 11.6 Å². The van der Waals surface area contributed by atoms with Crippen LogP contribution in [0.1, 0.15) is 18.5 Å². The topological polar surface area (TPSA) is 35.2 Å². The Labute approximate surface area is 124 Å². The molecule has 0 heterocycles. The fourth-order valence-corrected chi connectivity index (χ4v) is 2.41. The van der Waals surface area contributed by atoms with E-state index in [1.54, 1.807) is 31.2 Å². The number of ether oxygens (including phenoxy) is 1. The van der Waals surface area contributed by atoms with Crippen LogP contribution in [0.4, 0.5) is 4.39 Å². The molecule has 100 valence electrons. The lowest BCUT2D eigenvalue weighted by Crippen LogP contribution is -2.07. The summed E-state index contributed by atoms with van der Waals surface area (Å²) in [6, 6.07) is 9.14. The highest BCUT2D eigenvalue weighted by molar-refractivity contribution is 9.10. The van der Waals surface area contributed by atoms with E-state index in [4.69, 9.17) is 22.1 Å². The van der Waals surface area contributed by atoms with Crippen LogP contribution in [0.3, 0.4) is 0 Å².